The summed E-state index contributed by atoms with van der Waals surface area (Å²) in [6.07, 6.45) is 0. The van der Waals surface area contributed by atoms with Gasteiger partial charge in [0.25, 0.3) is 5.91 Å². The van der Waals surface area contributed by atoms with Crippen LogP contribution in [-0.2, 0) is 14.4 Å². The first-order valence-electron chi connectivity index (χ1n) is 5.98. The summed E-state index contributed by atoms with van der Waals surface area (Å²) in [4.78, 5) is 37.1. The predicted molar refractivity (Wildman–Crippen MR) is 72.6 cm³/mol. The van der Waals surface area contributed by atoms with E-state index in [2.05, 4.69) is 0 Å². The fourth-order valence-corrected chi connectivity index (χ4v) is 2.22. The molecular formula is C13H13ClN2O4. The lowest BCUT2D eigenvalue weighted by atomic mass is 10.1. The minimum atomic E-state index is -1.21. The lowest BCUT2D eigenvalue weighted by Gasteiger charge is -2.38. The smallest absolute Gasteiger partial charge is 0.323 e. The average molecular weight is 297 g/mol. The molecule has 0 aromatic heterocycles. The number of rotatable bonds is 3. The van der Waals surface area contributed by atoms with Crippen molar-refractivity contribution in [2.45, 2.75) is 13.0 Å². The van der Waals surface area contributed by atoms with E-state index >= 15 is 0 Å². The van der Waals surface area contributed by atoms with Gasteiger partial charge in [-0.15, -0.1) is 0 Å². The first-order valence-corrected chi connectivity index (χ1v) is 6.36. The quantitative estimate of drug-likeness (QED) is 0.842. The van der Waals surface area contributed by atoms with Crippen LogP contribution in [0.25, 0.3) is 0 Å². The fourth-order valence-electron chi connectivity index (χ4n) is 2.10. The Morgan fingerprint density at radius 1 is 1.35 bits per heavy atom. The van der Waals surface area contributed by atoms with E-state index in [0.29, 0.717) is 10.7 Å². The van der Waals surface area contributed by atoms with Crippen LogP contribution < -0.4 is 4.90 Å². The van der Waals surface area contributed by atoms with Crippen molar-refractivity contribution in [3.05, 3.63) is 29.3 Å². The number of imide groups is 1. The highest BCUT2D eigenvalue weighted by molar-refractivity contribution is 6.30. The van der Waals surface area contributed by atoms with Crippen molar-refractivity contribution in [1.82, 2.24) is 4.90 Å². The number of hydrogen-bond acceptors (Lipinski definition) is 4. The van der Waals surface area contributed by atoms with Gasteiger partial charge < -0.3 is 10.0 Å². The Kier molecular flexibility index (Phi) is 3.94. The molecule has 6 nitrogen and oxygen atoms in total. The summed E-state index contributed by atoms with van der Waals surface area (Å²) >= 11 is 5.80. The number of carbonyl (C=O) groups is 3. The van der Waals surface area contributed by atoms with Crippen molar-refractivity contribution < 1.29 is 19.5 Å². The summed E-state index contributed by atoms with van der Waals surface area (Å²) < 4.78 is 0. The molecule has 1 aromatic rings. The minimum absolute atomic E-state index is 0.0399. The zero-order valence-electron chi connectivity index (χ0n) is 10.7. The molecule has 0 radical (unpaired) electrons. The first kappa shape index (κ1) is 14.3. The maximum Gasteiger partial charge on any atom is 0.323 e. The van der Waals surface area contributed by atoms with Crippen LogP contribution in [-0.4, -0.2) is 46.9 Å². The van der Waals surface area contributed by atoms with E-state index in [1.165, 1.54) is 0 Å². The molecule has 1 aromatic carbocycles. The van der Waals surface area contributed by atoms with Gasteiger partial charge in [0.2, 0.25) is 5.91 Å². The zero-order chi connectivity index (χ0) is 14.9. The van der Waals surface area contributed by atoms with Crippen LogP contribution in [0.5, 0.6) is 0 Å². The van der Waals surface area contributed by atoms with Gasteiger partial charge in [-0.1, -0.05) is 11.6 Å². The highest BCUT2D eigenvalue weighted by Crippen LogP contribution is 2.23. The number of aliphatic carboxylic acids is 1. The normalized spacial score (nSPS) is 19.4. The van der Waals surface area contributed by atoms with Crippen LogP contribution in [0.1, 0.15) is 6.92 Å². The van der Waals surface area contributed by atoms with Crippen LogP contribution in [0.3, 0.4) is 0 Å². The van der Waals surface area contributed by atoms with Gasteiger partial charge in [0.1, 0.15) is 12.6 Å². The van der Waals surface area contributed by atoms with Gasteiger partial charge >= 0.3 is 5.97 Å². The van der Waals surface area contributed by atoms with E-state index in [9.17, 15) is 14.4 Å². The second-order valence-electron chi connectivity index (χ2n) is 4.49. The lowest BCUT2D eigenvalue weighted by Crippen LogP contribution is -2.60. The Bertz CT molecular complexity index is 558. The SMILES string of the molecule is CC1C(=O)N(CC(=O)O)C(=O)CN1c1ccc(Cl)cc1. The zero-order valence-corrected chi connectivity index (χ0v) is 11.5. The molecule has 0 saturated carbocycles. The summed E-state index contributed by atoms with van der Waals surface area (Å²) in [5, 5.41) is 9.29. The number of halogens is 1. The largest absolute Gasteiger partial charge is 0.480 e. The highest BCUT2D eigenvalue weighted by Gasteiger charge is 2.38. The Hall–Kier alpha value is -2.08. The van der Waals surface area contributed by atoms with Gasteiger partial charge in [0, 0.05) is 10.7 Å². The minimum Gasteiger partial charge on any atom is -0.480 e. The fraction of sp³-hybridized carbons (Fsp3) is 0.308. The van der Waals surface area contributed by atoms with E-state index < -0.39 is 30.4 Å². The molecule has 1 unspecified atom stereocenters. The van der Waals surface area contributed by atoms with Crippen LogP contribution in [0.4, 0.5) is 5.69 Å². The lowest BCUT2D eigenvalue weighted by molar-refractivity contribution is -0.154. The Morgan fingerprint density at radius 3 is 2.50 bits per heavy atom. The summed E-state index contributed by atoms with van der Waals surface area (Å²) in [6, 6.07) is 6.16. The number of amides is 2. The van der Waals surface area contributed by atoms with E-state index in [0.717, 1.165) is 4.90 Å². The summed E-state index contributed by atoms with van der Waals surface area (Å²) in [7, 11) is 0. The highest BCUT2D eigenvalue weighted by atomic mass is 35.5. The Labute approximate surface area is 120 Å². The molecule has 2 amide bonds. The molecule has 0 aliphatic carbocycles. The molecule has 1 aliphatic heterocycles. The van der Waals surface area contributed by atoms with Crippen molar-refractivity contribution >= 4 is 35.1 Å². The molecule has 7 heteroatoms. The molecule has 2 rings (SSSR count). The van der Waals surface area contributed by atoms with Crippen molar-refractivity contribution in [1.29, 1.82) is 0 Å². The molecule has 1 N–H and O–H groups in total. The maximum absolute atomic E-state index is 12.1. The molecule has 0 bridgehead atoms. The first-order chi connectivity index (χ1) is 9.40. The number of carboxylic acids is 1. The molecule has 1 fully saturated rings. The van der Waals surface area contributed by atoms with Crippen LogP contribution in [0.15, 0.2) is 24.3 Å². The van der Waals surface area contributed by atoms with Crippen molar-refractivity contribution in [3.8, 4) is 0 Å². The van der Waals surface area contributed by atoms with Gasteiger partial charge in [-0.05, 0) is 31.2 Å². The third-order valence-corrected chi connectivity index (χ3v) is 3.40. The van der Waals surface area contributed by atoms with Crippen LogP contribution in [0.2, 0.25) is 5.02 Å². The van der Waals surface area contributed by atoms with Crippen molar-refractivity contribution in [2.24, 2.45) is 0 Å². The third kappa shape index (κ3) is 2.75. The molecule has 0 spiro atoms. The molecule has 1 saturated heterocycles. The number of benzene rings is 1. The molecule has 20 heavy (non-hydrogen) atoms. The van der Waals surface area contributed by atoms with Gasteiger partial charge in [0.15, 0.2) is 0 Å². The number of carbonyl (C=O) groups excluding carboxylic acids is 2. The monoisotopic (exact) mass is 296 g/mol. The van der Waals surface area contributed by atoms with E-state index in [1.807, 2.05) is 0 Å². The predicted octanol–water partition coefficient (Wildman–Crippen LogP) is 0.988. The third-order valence-electron chi connectivity index (χ3n) is 3.15. The summed E-state index contributed by atoms with van der Waals surface area (Å²) in [6.45, 7) is 0.997. The number of anilines is 1. The maximum atomic E-state index is 12.1. The Morgan fingerprint density at radius 2 is 1.95 bits per heavy atom. The molecular weight excluding hydrogens is 284 g/mol. The topological polar surface area (TPSA) is 77.9 Å². The second-order valence-corrected chi connectivity index (χ2v) is 4.93. The van der Waals surface area contributed by atoms with Crippen LogP contribution in [0, 0.1) is 0 Å². The van der Waals surface area contributed by atoms with Gasteiger partial charge in [-0.3, -0.25) is 19.3 Å². The Balaban J connectivity index is 2.23. The van der Waals surface area contributed by atoms with Gasteiger partial charge in [-0.2, -0.15) is 0 Å². The second kappa shape index (κ2) is 5.50. The van der Waals surface area contributed by atoms with Crippen molar-refractivity contribution in [2.75, 3.05) is 18.0 Å². The number of carboxylic acid groups (broad SMARTS) is 1. The molecule has 1 atom stereocenters. The summed E-state index contributed by atoms with van der Waals surface area (Å²) in [5.74, 6) is -2.25. The standard InChI is InChI=1S/C13H13ClN2O4/c1-8-13(20)16(7-12(18)19)11(17)6-15(8)10-4-2-9(14)3-5-10/h2-5,8H,6-7H2,1H3,(H,18,19). The molecule has 1 aliphatic rings. The van der Waals surface area contributed by atoms with Gasteiger partial charge in [-0.25, -0.2) is 0 Å². The van der Waals surface area contributed by atoms with Crippen molar-refractivity contribution in [3.63, 3.8) is 0 Å². The molecule has 1 heterocycles. The van der Waals surface area contributed by atoms with Crippen LogP contribution >= 0.6 is 11.6 Å². The number of hydrogen-bond donors (Lipinski definition) is 1. The van der Waals surface area contributed by atoms with E-state index in [4.69, 9.17) is 16.7 Å². The van der Waals surface area contributed by atoms with E-state index in [-0.39, 0.29) is 6.54 Å². The number of piperazine rings is 1. The average Bonchev–Trinajstić information content (AvgIpc) is 2.40. The molecule has 106 valence electrons. The van der Waals surface area contributed by atoms with Gasteiger partial charge in [0.05, 0.1) is 6.54 Å². The summed E-state index contributed by atoms with van der Waals surface area (Å²) in [5.41, 5.74) is 0.693. The van der Waals surface area contributed by atoms with E-state index in [1.54, 1.807) is 36.1 Å². The number of nitrogens with zero attached hydrogens (tertiary/aromatic N) is 2.